The van der Waals surface area contributed by atoms with Crippen LogP contribution in [0.3, 0.4) is 0 Å². The zero-order valence-corrected chi connectivity index (χ0v) is 7.90. The highest BCUT2D eigenvalue weighted by Gasteiger charge is 2.33. The lowest BCUT2D eigenvalue weighted by Crippen LogP contribution is -2.28. The fourth-order valence-corrected chi connectivity index (χ4v) is 1.59. The molecule has 1 aliphatic rings. The van der Waals surface area contributed by atoms with Crippen molar-refractivity contribution in [1.82, 2.24) is 4.90 Å². The molecule has 0 radical (unpaired) electrons. The van der Waals surface area contributed by atoms with Crippen molar-refractivity contribution < 1.29 is 19.4 Å². The summed E-state index contributed by atoms with van der Waals surface area (Å²) in [6.07, 6.45) is -0.0197. The van der Waals surface area contributed by atoms with Gasteiger partial charge < -0.3 is 14.6 Å². The Hall–Kier alpha value is -0.650. The van der Waals surface area contributed by atoms with Crippen LogP contribution in [0, 0.1) is 0 Å². The normalized spacial score (nSPS) is 29.4. The molecule has 0 spiro atoms. The summed E-state index contributed by atoms with van der Waals surface area (Å²) in [5, 5.41) is 8.57. The van der Waals surface area contributed by atoms with Gasteiger partial charge in [0.15, 0.2) is 0 Å². The molecule has 5 heteroatoms. The summed E-state index contributed by atoms with van der Waals surface area (Å²) in [5.74, 6) is -0.813. The van der Waals surface area contributed by atoms with Crippen molar-refractivity contribution in [1.29, 1.82) is 0 Å². The van der Waals surface area contributed by atoms with E-state index in [9.17, 15) is 4.79 Å². The third-order valence-electron chi connectivity index (χ3n) is 2.26. The molecule has 2 atom stereocenters. The van der Waals surface area contributed by atoms with Crippen LogP contribution >= 0.6 is 0 Å². The number of methoxy groups -OCH3 is 2. The SMILES string of the molecule is COC1CN(CC(=O)O)CC1OC. The minimum Gasteiger partial charge on any atom is -0.480 e. The van der Waals surface area contributed by atoms with Gasteiger partial charge in [-0.25, -0.2) is 0 Å². The first kappa shape index (κ1) is 10.4. The van der Waals surface area contributed by atoms with Crippen LogP contribution in [0.25, 0.3) is 0 Å². The topological polar surface area (TPSA) is 59.0 Å². The predicted octanol–water partition coefficient (Wildman–Crippen LogP) is -0.583. The van der Waals surface area contributed by atoms with Gasteiger partial charge in [-0.3, -0.25) is 9.69 Å². The molecule has 0 aliphatic carbocycles. The summed E-state index contributed by atoms with van der Waals surface area (Å²) in [5.41, 5.74) is 0. The number of likely N-dealkylation sites (tertiary alicyclic amines) is 1. The smallest absolute Gasteiger partial charge is 0.317 e. The van der Waals surface area contributed by atoms with Crippen molar-refractivity contribution in [3.05, 3.63) is 0 Å². The zero-order chi connectivity index (χ0) is 9.84. The van der Waals surface area contributed by atoms with Crippen LogP contribution in [0.4, 0.5) is 0 Å². The average molecular weight is 189 g/mol. The second kappa shape index (κ2) is 4.55. The maximum atomic E-state index is 10.4. The fourth-order valence-electron chi connectivity index (χ4n) is 1.59. The molecule has 1 fully saturated rings. The molecule has 0 saturated carbocycles. The molecular formula is C8H15NO4. The van der Waals surface area contributed by atoms with E-state index in [1.54, 1.807) is 14.2 Å². The van der Waals surface area contributed by atoms with Gasteiger partial charge in [-0.05, 0) is 0 Å². The highest BCUT2D eigenvalue weighted by Crippen LogP contribution is 2.14. The number of carboxylic acids is 1. The van der Waals surface area contributed by atoms with Gasteiger partial charge in [-0.15, -0.1) is 0 Å². The summed E-state index contributed by atoms with van der Waals surface area (Å²) in [6, 6.07) is 0. The van der Waals surface area contributed by atoms with Crippen LogP contribution in [-0.4, -0.2) is 62.0 Å². The van der Waals surface area contributed by atoms with Crippen LogP contribution in [0.2, 0.25) is 0 Å². The van der Waals surface area contributed by atoms with Gasteiger partial charge in [0, 0.05) is 27.3 Å². The fraction of sp³-hybridized carbons (Fsp3) is 0.875. The molecule has 0 amide bonds. The molecule has 1 N–H and O–H groups in total. The molecule has 2 unspecified atom stereocenters. The van der Waals surface area contributed by atoms with Crippen molar-refractivity contribution in [3.63, 3.8) is 0 Å². The number of nitrogens with zero attached hydrogens (tertiary/aromatic N) is 1. The minimum absolute atomic E-state index is 0.00986. The summed E-state index contributed by atoms with van der Waals surface area (Å²) in [4.78, 5) is 12.2. The van der Waals surface area contributed by atoms with Crippen molar-refractivity contribution >= 4 is 5.97 Å². The van der Waals surface area contributed by atoms with Crippen molar-refractivity contribution in [2.45, 2.75) is 12.2 Å². The summed E-state index contributed by atoms with van der Waals surface area (Å²) >= 11 is 0. The Labute approximate surface area is 77.2 Å². The summed E-state index contributed by atoms with van der Waals surface area (Å²) < 4.78 is 10.3. The van der Waals surface area contributed by atoms with Crippen molar-refractivity contribution in [2.24, 2.45) is 0 Å². The molecule has 0 bridgehead atoms. The van der Waals surface area contributed by atoms with E-state index in [1.807, 2.05) is 4.90 Å². The van der Waals surface area contributed by atoms with Crippen molar-refractivity contribution in [2.75, 3.05) is 33.9 Å². The van der Waals surface area contributed by atoms with Crippen LogP contribution in [0.5, 0.6) is 0 Å². The van der Waals surface area contributed by atoms with Gasteiger partial charge in [0.25, 0.3) is 0 Å². The Morgan fingerprint density at radius 3 is 2.15 bits per heavy atom. The van der Waals surface area contributed by atoms with E-state index in [-0.39, 0.29) is 18.8 Å². The molecule has 1 rings (SSSR count). The van der Waals surface area contributed by atoms with Gasteiger partial charge in [0.1, 0.15) is 0 Å². The number of hydrogen-bond acceptors (Lipinski definition) is 4. The van der Waals surface area contributed by atoms with E-state index in [4.69, 9.17) is 14.6 Å². The summed E-state index contributed by atoms with van der Waals surface area (Å²) in [6.45, 7) is 1.31. The standard InChI is InChI=1S/C8H15NO4/c1-12-6-3-9(5-8(10)11)4-7(6)13-2/h6-7H,3-5H2,1-2H3,(H,10,11). The first-order valence-corrected chi connectivity index (χ1v) is 4.17. The van der Waals surface area contributed by atoms with Gasteiger partial charge in [0.2, 0.25) is 0 Å². The number of ether oxygens (including phenoxy) is 2. The quantitative estimate of drug-likeness (QED) is 0.641. The Balaban J connectivity index is 2.43. The number of carbonyl (C=O) groups is 1. The van der Waals surface area contributed by atoms with Crippen LogP contribution in [0.15, 0.2) is 0 Å². The largest absolute Gasteiger partial charge is 0.480 e. The van der Waals surface area contributed by atoms with E-state index in [2.05, 4.69) is 0 Å². The molecular weight excluding hydrogens is 174 g/mol. The molecule has 1 saturated heterocycles. The molecule has 13 heavy (non-hydrogen) atoms. The maximum absolute atomic E-state index is 10.4. The third kappa shape index (κ3) is 2.65. The third-order valence-corrected chi connectivity index (χ3v) is 2.26. The minimum atomic E-state index is -0.813. The first-order chi connectivity index (χ1) is 6.17. The molecule has 0 aromatic carbocycles. The second-order valence-corrected chi connectivity index (χ2v) is 3.14. The van der Waals surface area contributed by atoms with Crippen LogP contribution in [0.1, 0.15) is 0 Å². The number of aliphatic carboxylic acids is 1. The Morgan fingerprint density at radius 1 is 1.38 bits per heavy atom. The summed E-state index contributed by atoms with van der Waals surface area (Å²) in [7, 11) is 3.22. The average Bonchev–Trinajstić information content (AvgIpc) is 2.45. The lowest BCUT2D eigenvalue weighted by Gasteiger charge is -2.13. The zero-order valence-electron chi connectivity index (χ0n) is 7.90. The highest BCUT2D eigenvalue weighted by molar-refractivity contribution is 5.69. The lowest BCUT2D eigenvalue weighted by atomic mass is 10.3. The molecule has 1 heterocycles. The van der Waals surface area contributed by atoms with Crippen LogP contribution < -0.4 is 0 Å². The Kier molecular flexibility index (Phi) is 3.65. The van der Waals surface area contributed by atoms with E-state index in [0.717, 1.165) is 0 Å². The lowest BCUT2D eigenvalue weighted by molar-refractivity contribution is -0.138. The van der Waals surface area contributed by atoms with E-state index < -0.39 is 5.97 Å². The second-order valence-electron chi connectivity index (χ2n) is 3.14. The van der Waals surface area contributed by atoms with Crippen molar-refractivity contribution in [3.8, 4) is 0 Å². The number of hydrogen-bond donors (Lipinski definition) is 1. The predicted molar refractivity (Wildman–Crippen MR) is 45.7 cm³/mol. The number of rotatable bonds is 4. The number of carboxylic acid groups (broad SMARTS) is 1. The first-order valence-electron chi connectivity index (χ1n) is 4.17. The van der Waals surface area contributed by atoms with Gasteiger partial charge in [0.05, 0.1) is 18.8 Å². The maximum Gasteiger partial charge on any atom is 0.317 e. The van der Waals surface area contributed by atoms with E-state index >= 15 is 0 Å². The molecule has 0 aromatic heterocycles. The van der Waals surface area contributed by atoms with Gasteiger partial charge in [-0.1, -0.05) is 0 Å². The highest BCUT2D eigenvalue weighted by atomic mass is 16.5. The molecule has 0 aromatic rings. The van der Waals surface area contributed by atoms with E-state index in [0.29, 0.717) is 13.1 Å². The monoisotopic (exact) mass is 189 g/mol. The Bertz CT molecular complexity index is 173. The van der Waals surface area contributed by atoms with Crippen LogP contribution in [-0.2, 0) is 14.3 Å². The van der Waals surface area contributed by atoms with E-state index in [1.165, 1.54) is 0 Å². The molecule has 76 valence electrons. The van der Waals surface area contributed by atoms with Gasteiger partial charge in [-0.2, -0.15) is 0 Å². The molecule has 5 nitrogen and oxygen atoms in total. The molecule has 1 aliphatic heterocycles. The van der Waals surface area contributed by atoms with Gasteiger partial charge >= 0.3 is 5.97 Å². The Morgan fingerprint density at radius 2 is 1.85 bits per heavy atom.